The van der Waals surface area contributed by atoms with Crippen molar-refractivity contribution in [2.45, 2.75) is 32.2 Å². The standard InChI is InChI=1S/C20H31N3O3/c1-17(23-9-3-2-4-10-23)20(24)21-18-5-7-19(8-6-18)26-16-13-22-11-14-25-15-12-22/h5-8,17H,2-4,9-16H2,1H3,(H,21,24). The van der Waals surface area contributed by atoms with Crippen molar-refractivity contribution >= 4 is 11.6 Å². The van der Waals surface area contributed by atoms with Gasteiger partial charge in [-0.3, -0.25) is 14.6 Å². The van der Waals surface area contributed by atoms with Gasteiger partial charge < -0.3 is 14.8 Å². The van der Waals surface area contributed by atoms with Gasteiger partial charge in [0.25, 0.3) is 0 Å². The van der Waals surface area contributed by atoms with Crippen molar-refractivity contribution in [1.82, 2.24) is 9.80 Å². The number of ether oxygens (including phenoxy) is 2. The average molecular weight is 361 g/mol. The SMILES string of the molecule is CC(C(=O)Nc1ccc(OCCN2CCOCC2)cc1)N1CCCCC1. The lowest BCUT2D eigenvalue weighted by molar-refractivity contribution is -0.121. The molecule has 0 radical (unpaired) electrons. The highest BCUT2D eigenvalue weighted by Gasteiger charge is 2.22. The topological polar surface area (TPSA) is 54.0 Å². The number of anilines is 1. The number of morpholine rings is 1. The Morgan fingerprint density at radius 3 is 2.50 bits per heavy atom. The summed E-state index contributed by atoms with van der Waals surface area (Å²) in [6.45, 7) is 9.17. The molecule has 0 saturated carbocycles. The summed E-state index contributed by atoms with van der Waals surface area (Å²) in [7, 11) is 0. The molecule has 26 heavy (non-hydrogen) atoms. The Balaban J connectivity index is 1.41. The van der Waals surface area contributed by atoms with Crippen LogP contribution in [0.1, 0.15) is 26.2 Å². The minimum Gasteiger partial charge on any atom is -0.492 e. The van der Waals surface area contributed by atoms with Gasteiger partial charge >= 0.3 is 0 Å². The van der Waals surface area contributed by atoms with E-state index in [0.29, 0.717) is 6.61 Å². The Morgan fingerprint density at radius 1 is 1.12 bits per heavy atom. The Labute approximate surface area is 156 Å². The molecule has 3 rings (SSSR count). The zero-order chi connectivity index (χ0) is 18.2. The zero-order valence-corrected chi connectivity index (χ0v) is 15.8. The quantitative estimate of drug-likeness (QED) is 0.807. The second-order valence-corrected chi connectivity index (χ2v) is 7.09. The van der Waals surface area contributed by atoms with Gasteiger partial charge in [0.05, 0.1) is 19.3 Å². The number of amides is 1. The van der Waals surface area contributed by atoms with Gasteiger partial charge in [-0.25, -0.2) is 0 Å². The van der Waals surface area contributed by atoms with Crippen LogP contribution in [-0.4, -0.2) is 74.3 Å². The minimum absolute atomic E-state index is 0.0629. The van der Waals surface area contributed by atoms with Crippen molar-refractivity contribution in [1.29, 1.82) is 0 Å². The van der Waals surface area contributed by atoms with Crippen LogP contribution in [-0.2, 0) is 9.53 Å². The van der Waals surface area contributed by atoms with E-state index in [-0.39, 0.29) is 11.9 Å². The van der Waals surface area contributed by atoms with Crippen LogP contribution in [0.3, 0.4) is 0 Å². The maximum absolute atomic E-state index is 12.4. The van der Waals surface area contributed by atoms with E-state index in [9.17, 15) is 4.79 Å². The van der Waals surface area contributed by atoms with Gasteiger partial charge in [0, 0.05) is 25.3 Å². The normalized spacial score (nSPS) is 20.5. The van der Waals surface area contributed by atoms with Crippen LogP contribution in [0, 0.1) is 0 Å². The largest absolute Gasteiger partial charge is 0.492 e. The van der Waals surface area contributed by atoms with E-state index < -0.39 is 0 Å². The van der Waals surface area contributed by atoms with Crippen molar-refractivity contribution in [2.24, 2.45) is 0 Å². The molecule has 2 fully saturated rings. The number of nitrogens with one attached hydrogen (secondary N) is 1. The Bertz CT molecular complexity index is 552. The number of nitrogens with zero attached hydrogens (tertiary/aromatic N) is 2. The van der Waals surface area contributed by atoms with Crippen LogP contribution in [0.4, 0.5) is 5.69 Å². The third-order valence-corrected chi connectivity index (χ3v) is 5.22. The highest BCUT2D eigenvalue weighted by atomic mass is 16.5. The summed E-state index contributed by atoms with van der Waals surface area (Å²) in [5.41, 5.74) is 0.819. The zero-order valence-electron chi connectivity index (χ0n) is 15.8. The number of benzene rings is 1. The summed E-state index contributed by atoms with van der Waals surface area (Å²) in [4.78, 5) is 17.1. The molecule has 0 aliphatic carbocycles. The van der Waals surface area contributed by atoms with Crippen molar-refractivity contribution in [3.63, 3.8) is 0 Å². The Hall–Kier alpha value is -1.63. The Kier molecular flexibility index (Phi) is 7.29. The number of likely N-dealkylation sites (tertiary alicyclic amines) is 1. The van der Waals surface area contributed by atoms with Crippen LogP contribution in [0.15, 0.2) is 24.3 Å². The molecule has 6 heteroatoms. The fourth-order valence-corrected chi connectivity index (χ4v) is 3.47. The lowest BCUT2D eigenvalue weighted by Crippen LogP contribution is -2.44. The minimum atomic E-state index is -0.0836. The van der Waals surface area contributed by atoms with E-state index in [1.807, 2.05) is 31.2 Å². The van der Waals surface area contributed by atoms with Crippen LogP contribution < -0.4 is 10.1 Å². The van der Waals surface area contributed by atoms with E-state index in [4.69, 9.17) is 9.47 Å². The number of carbonyl (C=O) groups excluding carboxylic acids is 1. The summed E-state index contributed by atoms with van der Waals surface area (Å²) in [5.74, 6) is 0.897. The molecule has 2 aliphatic heterocycles. The summed E-state index contributed by atoms with van der Waals surface area (Å²) in [6, 6.07) is 7.57. The summed E-state index contributed by atoms with van der Waals surface area (Å²) < 4.78 is 11.2. The van der Waals surface area contributed by atoms with Crippen molar-refractivity contribution in [2.75, 3.05) is 57.9 Å². The van der Waals surface area contributed by atoms with E-state index in [1.165, 1.54) is 19.3 Å². The second kappa shape index (κ2) is 9.90. The van der Waals surface area contributed by atoms with Gasteiger partial charge in [-0.1, -0.05) is 6.42 Å². The van der Waals surface area contributed by atoms with Crippen molar-refractivity contribution in [3.05, 3.63) is 24.3 Å². The third-order valence-electron chi connectivity index (χ3n) is 5.22. The maximum atomic E-state index is 12.4. The molecule has 1 amide bonds. The van der Waals surface area contributed by atoms with Crippen molar-refractivity contribution in [3.8, 4) is 5.75 Å². The van der Waals surface area contributed by atoms with Crippen molar-refractivity contribution < 1.29 is 14.3 Å². The van der Waals surface area contributed by atoms with Crippen LogP contribution >= 0.6 is 0 Å². The predicted molar refractivity (Wildman–Crippen MR) is 103 cm³/mol. The molecule has 1 unspecified atom stereocenters. The van der Waals surface area contributed by atoms with Gasteiger partial charge in [-0.2, -0.15) is 0 Å². The summed E-state index contributed by atoms with van der Waals surface area (Å²) >= 11 is 0. The van der Waals surface area contributed by atoms with Crippen LogP contribution in [0.25, 0.3) is 0 Å². The smallest absolute Gasteiger partial charge is 0.241 e. The van der Waals surface area contributed by atoms with Gasteiger partial charge in [0.2, 0.25) is 5.91 Å². The number of hydrogen-bond donors (Lipinski definition) is 1. The lowest BCUT2D eigenvalue weighted by Gasteiger charge is -2.31. The number of rotatable bonds is 7. The first-order chi connectivity index (χ1) is 12.7. The van der Waals surface area contributed by atoms with Gasteiger partial charge in [-0.15, -0.1) is 0 Å². The van der Waals surface area contributed by atoms with E-state index in [1.54, 1.807) is 0 Å². The Morgan fingerprint density at radius 2 is 1.81 bits per heavy atom. The lowest BCUT2D eigenvalue weighted by atomic mass is 10.1. The molecule has 1 aromatic carbocycles. The molecule has 1 aromatic rings. The fourth-order valence-electron chi connectivity index (χ4n) is 3.47. The molecule has 0 aromatic heterocycles. The highest BCUT2D eigenvalue weighted by Crippen LogP contribution is 2.17. The monoisotopic (exact) mass is 361 g/mol. The second-order valence-electron chi connectivity index (χ2n) is 7.09. The van der Waals surface area contributed by atoms with E-state index >= 15 is 0 Å². The van der Waals surface area contributed by atoms with Crippen LogP contribution in [0.5, 0.6) is 5.75 Å². The molecule has 1 atom stereocenters. The first kappa shape index (κ1) is 19.1. The predicted octanol–water partition coefficient (Wildman–Crippen LogP) is 2.21. The molecular formula is C20H31N3O3. The summed E-state index contributed by atoms with van der Waals surface area (Å²) in [5, 5.41) is 3.02. The number of carbonyl (C=O) groups is 1. The van der Waals surface area contributed by atoms with Gasteiger partial charge in [0.1, 0.15) is 12.4 Å². The highest BCUT2D eigenvalue weighted by molar-refractivity contribution is 5.94. The maximum Gasteiger partial charge on any atom is 0.241 e. The molecule has 2 heterocycles. The van der Waals surface area contributed by atoms with E-state index in [2.05, 4.69) is 15.1 Å². The van der Waals surface area contributed by atoms with Crippen LogP contribution in [0.2, 0.25) is 0 Å². The number of hydrogen-bond acceptors (Lipinski definition) is 5. The fraction of sp³-hybridized carbons (Fsp3) is 0.650. The first-order valence-electron chi connectivity index (χ1n) is 9.80. The van der Waals surface area contributed by atoms with Gasteiger partial charge in [0.15, 0.2) is 0 Å². The third kappa shape index (κ3) is 5.69. The summed E-state index contributed by atoms with van der Waals surface area (Å²) in [6.07, 6.45) is 3.65. The molecule has 0 bridgehead atoms. The van der Waals surface area contributed by atoms with Gasteiger partial charge in [-0.05, 0) is 57.1 Å². The number of piperidine rings is 1. The molecule has 144 valence electrons. The first-order valence-corrected chi connectivity index (χ1v) is 9.80. The molecule has 6 nitrogen and oxygen atoms in total. The molecular weight excluding hydrogens is 330 g/mol. The molecule has 2 saturated heterocycles. The molecule has 1 N–H and O–H groups in total. The molecule has 2 aliphatic rings. The average Bonchev–Trinajstić information content (AvgIpc) is 2.70. The molecule has 0 spiro atoms. The van der Waals surface area contributed by atoms with E-state index in [0.717, 1.165) is 57.4 Å².